The van der Waals surface area contributed by atoms with Crippen LogP contribution in [0, 0.1) is 13.8 Å². The number of β-amino-alcohol motifs (C(OH)–C–C–N with tert-alkyl or cyclic N) is 1. The number of hydrogen-bond acceptors (Lipinski definition) is 4. The summed E-state index contributed by atoms with van der Waals surface area (Å²) in [5.74, 6) is 0.643. The number of aromatic nitrogens is 2. The molecule has 1 atom stereocenters. The van der Waals surface area contributed by atoms with Crippen molar-refractivity contribution in [1.82, 2.24) is 14.7 Å². The van der Waals surface area contributed by atoms with Gasteiger partial charge in [0.2, 0.25) is 0 Å². The average molecular weight is 343 g/mol. The fourth-order valence-electron chi connectivity index (χ4n) is 3.14. The smallest absolute Gasteiger partial charge is 0.257 e. The van der Waals surface area contributed by atoms with Gasteiger partial charge in [-0.3, -0.25) is 9.48 Å². The van der Waals surface area contributed by atoms with Gasteiger partial charge in [-0.25, -0.2) is 0 Å². The Morgan fingerprint density at radius 3 is 2.84 bits per heavy atom. The second-order valence-corrected chi connectivity index (χ2v) is 6.99. The van der Waals surface area contributed by atoms with Crippen molar-refractivity contribution in [3.8, 4) is 5.75 Å². The van der Waals surface area contributed by atoms with Crippen LogP contribution >= 0.6 is 0 Å². The third-order valence-corrected chi connectivity index (χ3v) is 4.78. The predicted octanol–water partition coefficient (Wildman–Crippen LogP) is 2.08. The van der Waals surface area contributed by atoms with Crippen LogP contribution in [0.3, 0.4) is 0 Å². The summed E-state index contributed by atoms with van der Waals surface area (Å²) in [7, 11) is 1.78. The highest BCUT2D eigenvalue weighted by Crippen LogP contribution is 2.25. The van der Waals surface area contributed by atoms with E-state index in [0.717, 1.165) is 17.7 Å². The highest BCUT2D eigenvalue weighted by molar-refractivity contribution is 5.93. The molecule has 0 radical (unpaired) electrons. The van der Waals surface area contributed by atoms with Crippen molar-refractivity contribution in [2.45, 2.75) is 32.3 Å². The van der Waals surface area contributed by atoms with Crippen molar-refractivity contribution >= 4 is 5.91 Å². The van der Waals surface area contributed by atoms with E-state index >= 15 is 0 Å². The molecule has 0 spiro atoms. The van der Waals surface area contributed by atoms with E-state index in [1.54, 1.807) is 29.0 Å². The molecule has 2 aromatic rings. The molecule has 0 saturated carbocycles. The lowest BCUT2D eigenvalue weighted by molar-refractivity contribution is -0.0532. The molecule has 1 aromatic carbocycles. The molecule has 25 heavy (non-hydrogen) atoms. The molecule has 1 fully saturated rings. The maximum absolute atomic E-state index is 12.6. The van der Waals surface area contributed by atoms with E-state index in [2.05, 4.69) is 12.0 Å². The summed E-state index contributed by atoms with van der Waals surface area (Å²) in [4.78, 5) is 14.3. The van der Waals surface area contributed by atoms with Gasteiger partial charge in [0.05, 0.1) is 18.3 Å². The number of carbonyl (C=O) groups excluding carboxylic acids is 1. The molecule has 0 bridgehead atoms. The maximum atomic E-state index is 12.6. The van der Waals surface area contributed by atoms with Gasteiger partial charge in [0.25, 0.3) is 5.91 Å². The molecule has 6 nitrogen and oxygen atoms in total. The minimum atomic E-state index is -1.03. The normalized spacial score (nSPS) is 20.6. The summed E-state index contributed by atoms with van der Waals surface area (Å²) >= 11 is 0. The first-order chi connectivity index (χ1) is 11.9. The zero-order valence-corrected chi connectivity index (χ0v) is 15.0. The zero-order chi connectivity index (χ0) is 18.0. The Morgan fingerprint density at radius 2 is 2.16 bits per heavy atom. The lowest BCUT2D eigenvalue weighted by atomic mass is 9.93. The molecule has 1 saturated heterocycles. The monoisotopic (exact) mass is 343 g/mol. The van der Waals surface area contributed by atoms with Crippen molar-refractivity contribution in [3.05, 3.63) is 47.3 Å². The van der Waals surface area contributed by atoms with Gasteiger partial charge in [-0.2, -0.15) is 5.10 Å². The largest absolute Gasteiger partial charge is 0.491 e. The van der Waals surface area contributed by atoms with Crippen LogP contribution in [-0.4, -0.2) is 51.0 Å². The van der Waals surface area contributed by atoms with Gasteiger partial charge in [0.1, 0.15) is 18.0 Å². The third kappa shape index (κ3) is 4.02. The lowest BCUT2D eigenvalue weighted by Crippen LogP contribution is -2.53. The zero-order valence-electron chi connectivity index (χ0n) is 15.0. The number of nitrogens with zero attached hydrogens (tertiary/aromatic N) is 3. The van der Waals surface area contributed by atoms with Crippen LogP contribution in [0.25, 0.3) is 0 Å². The van der Waals surface area contributed by atoms with Crippen molar-refractivity contribution in [3.63, 3.8) is 0 Å². The Balaban J connectivity index is 1.64. The Bertz CT molecular complexity index is 771. The van der Waals surface area contributed by atoms with Gasteiger partial charge in [0, 0.05) is 19.8 Å². The van der Waals surface area contributed by atoms with Crippen LogP contribution in [0.1, 0.15) is 34.3 Å². The molecule has 1 aliphatic heterocycles. The van der Waals surface area contributed by atoms with E-state index in [1.165, 1.54) is 5.56 Å². The van der Waals surface area contributed by atoms with Gasteiger partial charge >= 0.3 is 0 Å². The molecule has 2 heterocycles. The number of aryl methyl sites for hydroxylation is 3. The number of hydrogen-bond donors (Lipinski definition) is 1. The van der Waals surface area contributed by atoms with E-state index in [1.807, 2.05) is 25.1 Å². The van der Waals surface area contributed by atoms with Crippen LogP contribution in [0.5, 0.6) is 5.75 Å². The highest BCUT2D eigenvalue weighted by Gasteiger charge is 2.36. The van der Waals surface area contributed by atoms with Gasteiger partial charge in [-0.1, -0.05) is 6.07 Å². The molecule has 134 valence electrons. The highest BCUT2D eigenvalue weighted by atomic mass is 16.5. The average Bonchev–Trinajstić information content (AvgIpc) is 3.02. The van der Waals surface area contributed by atoms with E-state index in [0.29, 0.717) is 18.5 Å². The summed E-state index contributed by atoms with van der Waals surface area (Å²) in [5, 5.41) is 14.9. The van der Waals surface area contributed by atoms with Crippen LogP contribution in [0.4, 0.5) is 0 Å². The Hall–Kier alpha value is -2.34. The number of rotatable bonds is 4. The van der Waals surface area contributed by atoms with Crippen molar-refractivity contribution < 1.29 is 14.6 Å². The number of ether oxygens (including phenoxy) is 1. The van der Waals surface area contributed by atoms with Crippen molar-refractivity contribution in [1.29, 1.82) is 0 Å². The topological polar surface area (TPSA) is 67.6 Å². The van der Waals surface area contributed by atoms with Crippen molar-refractivity contribution in [2.75, 3.05) is 19.7 Å². The summed E-state index contributed by atoms with van der Waals surface area (Å²) in [6.45, 7) is 5.17. The first-order valence-corrected chi connectivity index (χ1v) is 8.57. The number of aliphatic hydroxyl groups is 1. The van der Waals surface area contributed by atoms with E-state index in [4.69, 9.17) is 4.74 Å². The first kappa shape index (κ1) is 17.5. The fraction of sp³-hybridized carbons (Fsp3) is 0.474. The molecule has 1 aromatic heterocycles. The maximum Gasteiger partial charge on any atom is 0.257 e. The van der Waals surface area contributed by atoms with Gasteiger partial charge < -0.3 is 14.7 Å². The predicted molar refractivity (Wildman–Crippen MR) is 94.7 cm³/mol. The lowest BCUT2D eigenvalue weighted by Gasteiger charge is -2.38. The summed E-state index contributed by atoms with van der Waals surface area (Å²) < 4.78 is 7.42. The van der Waals surface area contributed by atoms with Gasteiger partial charge in [-0.15, -0.1) is 0 Å². The number of carbonyl (C=O) groups is 1. The Morgan fingerprint density at radius 1 is 1.36 bits per heavy atom. The van der Waals surface area contributed by atoms with Gasteiger partial charge in [-0.05, 0) is 49.9 Å². The van der Waals surface area contributed by atoms with E-state index < -0.39 is 5.60 Å². The quantitative estimate of drug-likeness (QED) is 0.923. The number of amides is 1. The number of likely N-dealkylation sites (tertiary alicyclic amines) is 1. The van der Waals surface area contributed by atoms with Crippen molar-refractivity contribution in [2.24, 2.45) is 7.05 Å². The number of piperidine rings is 1. The second-order valence-electron chi connectivity index (χ2n) is 6.99. The summed E-state index contributed by atoms with van der Waals surface area (Å²) in [6, 6.07) is 5.89. The molecule has 1 unspecified atom stereocenters. The standard InChI is InChI=1S/C19H25N3O3/c1-14-5-6-17(9-15(14)2)25-13-19(24)7-4-8-22(12-19)18(23)16-10-20-21(3)11-16/h5-6,9-11,24H,4,7-8,12-13H2,1-3H3. The molecule has 6 heteroatoms. The third-order valence-electron chi connectivity index (χ3n) is 4.78. The van der Waals surface area contributed by atoms with Crippen LogP contribution < -0.4 is 4.74 Å². The van der Waals surface area contributed by atoms with Gasteiger partial charge in [0.15, 0.2) is 0 Å². The molecule has 1 N–H and O–H groups in total. The van der Waals surface area contributed by atoms with E-state index in [-0.39, 0.29) is 19.1 Å². The van der Waals surface area contributed by atoms with Crippen LogP contribution in [0.15, 0.2) is 30.6 Å². The second kappa shape index (κ2) is 6.88. The SMILES string of the molecule is Cc1ccc(OCC2(O)CCCN(C(=O)c3cnn(C)c3)C2)cc1C. The molecule has 1 aliphatic rings. The minimum absolute atomic E-state index is 0.0996. The molecular formula is C19H25N3O3. The molecule has 1 amide bonds. The number of benzene rings is 1. The fourth-order valence-corrected chi connectivity index (χ4v) is 3.14. The Kier molecular flexibility index (Phi) is 4.81. The molecular weight excluding hydrogens is 318 g/mol. The van der Waals surface area contributed by atoms with E-state index in [9.17, 15) is 9.90 Å². The van der Waals surface area contributed by atoms with Crippen LogP contribution in [0.2, 0.25) is 0 Å². The Labute approximate surface area is 148 Å². The molecule has 0 aliphatic carbocycles. The molecule has 3 rings (SSSR count). The minimum Gasteiger partial charge on any atom is -0.491 e. The summed E-state index contributed by atoms with van der Waals surface area (Å²) in [6.07, 6.45) is 4.62. The first-order valence-electron chi connectivity index (χ1n) is 8.57. The summed E-state index contributed by atoms with van der Waals surface area (Å²) in [5.41, 5.74) is 1.87. The van der Waals surface area contributed by atoms with Crippen LogP contribution in [-0.2, 0) is 7.05 Å².